The summed E-state index contributed by atoms with van der Waals surface area (Å²) in [6, 6.07) is 0.514. The molecule has 1 aliphatic carbocycles. The zero-order valence-corrected chi connectivity index (χ0v) is 10.6. The zero-order valence-electron chi connectivity index (χ0n) is 10.6. The van der Waals surface area contributed by atoms with Crippen molar-refractivity contribution in [2.24, 2.45) is 0 Å². The van der Waals surface area contributed by atoms with Crippen molar-refractivity contribution in [3.05, 3.63) is 0 Å². The number of aliphatic hydroxyl groups is 1. The number of hydrogen-bond donors (Lipinski definition) is 3. The molecule has 1 unspecified atom stereocenters. The smallest absolute Gasteiger partial charge is 0.233 e. The number of aliphatic hydroxyl groups excluding tert-OH is 1. The average Bonchev–Trinajstić information content (AvgIpc) is 2.79. The quantitative estimate of drug-likeness (QED) is 0.563. The van der Waals surface area contributed by atoms with E-state index < -0.39 is 6.10 Å². The van der Waals surface area contributed by atoms with Crippen molar-refractivity contribution in [3.8, 4) is 0 Å². The predicted molar refractivity (Wildman–Crippen MR) is 65.8 cm³/mol. The molecule has 5 nitrogen and oxygen atoms in total. The second-order valence-electron chi connectivity index (χ2n) is 4.61. The summed E-state index contributed by atoms with van der Waals surface area (Å²) in [6.07, 6.45) is 4.93. The molecule has 0 radical (unpaired) electrons. The Kier molecular flexibility index (Phi) is 7.16. The Hall–Kier alpha value is -0.650. The number of ether oxygens (including phenoxy) is 1. The zero-order chi connectivity index (χ0) is 12.5. The van der Waals surface area contributed by atoms with Gasteiger partial charge in [0.05, 0.1) is 19.3 Å². The molecule has 100 valence electrons. The highest BCUT2D eigenvalue weighted by molar-refractivity contribution is 5.77. The first-order valence-corrected chi connectivity index (χ1v) is 6.39. The van der Waals surface area contributed by atoms with Crippen molar-refractivity contribution >= 4 is 5.91 Å². The first-order chi connectivity index (χ1) is 8.22. The molecule has 1 rings (SSSR count). The summed E-state index contributed by atoms with van der Waals surface area (Å²) in [4.78, 5) is 11.5. The van der Waals surface area contributed by atoms with Gasteiger partial charge in [0.1, 0.15) is 0 Å². The van der Waals surface area contributed by atoms with Gasteiger partial charge in [0.15, 0.2) is 0 Å². The highest BCUT2D eigenvalue weighted by Crippen LogP contribution is 2.17. The lowest BCUT2D eigenvalue weighted by atomic mass is 10.2. The Bertz CT molecular complexity index is 218. The topological polar surface area (TPSA) is 70.6 Å². The molecule has 1 atom stereocenters. The monoisotopic (exact) mass is 244 g/mol. The van der Waals surface area contributed by atoms with Crippen LogP contribution < -0.4 is 10.6 Å². The molecule has 0 heterocycles. The van der Waals surface area contributed by atoms with Gasteiger partial charge in [-0.05, 0) is 19.3 Å². The standard InChI is InChI=1S/C12H24N2O3/c1-17-9-11(15)6-7-13-12(16)8-14-10-4-2-3-5-10/h10-11,14-15H,2-9H2,1H3,(H,13,16). The van der Waals surface area contributed by atoms with E-state index in [1.165, 1.54) is 25.7 Å². The number of rotatable bonds is 8. The molecule has 0 saturated heterocycles. The van der Waals surface area contributed by atoms with Crippen LogP contribution in [0, 0.1) is 0 Å². The normalized spacial score (nSPS) is 18.2. The molecular weight excluding hydrogens is 220 g/mol. The lowest BCUT2D eigenvalue weighted by molar-refractivity contribution is -0.120. The van der Waals surface area contributed by atoms with Crippen LogP contribution in [0.5, 0.6) is 0 Å². The minimum absolute atomic E-state index is 0.00140. The number of nitrogens with one attached hydrogen (secondary N) is 2. The average molecular weight is 244 g/mol. The molecule has 0 aromatic carbocycles. The van der Waals surface area contributed by atoms with Crippen LogP contribution in [0.15, 0.2) is 0 Å². The molecule has 0 aromatic rings. The molecule has 5 heteroatoms. The van der Waals surface area contributed by atoms with Crippen molar-refractivity contribution in [1.29, 1.82) is 0 Å². The summed E-state index contributed by atoms with van der Waals surface area (Å²) in [7, 11) is 1.55. The van der Waals surface area contributed by atoms with Crippen molar-refractivity contribution in [3.63, 3.8) is 0 Å². The van der Waals surface area contributed by atoms with E-state index in [2.05, 4.69) is 10.6 Å². The van der Waals surface area contributed by atoms with Gasteiger partial charge in [0.2, 0.25) is 5.91 Å². The van der Waals surface area contributed by atoms with Crippen LogP contribution in [0.3, 0.4) is 0 Å². The minimum atomic E-state index is -0.497. The number of amides is 1. The third-order valence-corrected chi connectivity index (χ3v) is 3.07. The second kappa shape index (κ2) is 8.44. The van der Waals surface area contributed by atoms with Crippen LogP contribution in [0.25, 0.3) is 0 Å². The van der Waals surface area contributed by atoms with Gasteiger partial charge in [0, 0.05) is 19.7 Å². The fourth-order valence-electron chi connectivity index (χ4n) is 2.08. The number of hydrogen-bond acceptors (Lipinski definition) is 4. The van der Waals surface area contributed by atoms with Gasteiger partial charge in [-0.3, -0.25) is 4.79 Å². The van der Waals surface area contributed by atoms with E-state index in [9.17, 15) is 9.90 Å². The molecule has 0 spiro atoms. The van der Waals surface area contributed by atoms with E-state index in [0.717, 1.165) is 0 Å². The van der Waals surface area contributed by atoms with Gasteiger partial charge < -0.3 is 20.5 Å². The van der Waals surface area contributed by atoms with E-state index >= 15 is 0 Å². The lowest BCUT2D eigenvalue weighted by Crippen LogP contribution is -2.39. The number of carbonyl (C=O) groups excluding carboxylic acids is 1. The highest BCUT2D eigenvalue weighted by Gasteiger charge is 2.15. The molecular formula is C12H24N2O3. The predicted octanol–water partition coefficient (Wildman–Crippen LogP) is 0.0322. The molecule has 0 aromatic heterocycles. The van der Waals surface area contributed by atoms with E-state index in [0.29, 0.717) is 32.2 Å². The number of carbonyl (C=O) groups is 1. The Labute approximate surface area is 103 Å². The van der Waals surface area contributed by atoms with Gasteiger partial charge in [-0.2, -0.15) is 0 Å². The van der Waals surface area contributed by atoms with Gasteiger partial charge in [-0.15, -0.1) is 0 Å². The van der Waals surface area contributed by atoms with Gasteiger partial charge in [-0.1, -0.05) is 12.8 Å². The Balaban J connectivity index is 1.97. The van der Waals surface area contributed by atoms with Gasteiger partial charge in [0.25, 0.3) is 0 Å². The summed E-state index contributed by atoms with van der Waals surface area (Å²) >= 11 is 0. The first kappa shape index (κ1) is 14.4. The van der Waals surface area contributed by atoms with Gasteiger partial charge >= 0.3 is 0 Å². The fraction of sp³-hybridized carbons (Fsp3) is 0.917. The summed E-state index contributed by atoms with van der Waals surface area (Å²) < 4.78 is 4.80. The fourth-order valence-corrected chi connectivity index (χ4v) is 2.08. The van der Waals surface area contributed by atoms with E-state index in [4.69, 9.17) is 4.74 Å². The minimum Gasteiger partial charge on any atom is -0.391 e. The van der Waals surface area contributed by atoms with Crippen molar-refractivity contribution < 1.29 is 14.6 Å². The highest BCUT2D eigenvalue weighted by atomic mass is 16.5. The Morgan fingerprint density at radius 3 is 2.82 bits per heavy atom. The molecule has 3 N–H and O–H groups in total. The van der Waals surface area contributed by atoms with Crippen LogP contribution in [0.2, 0.25) is 0 Å². The van der Waals surface area contributed by atoms with Crippen LogP contribution in [0.1, 0.15) is 32.1 Å². The van der Waals surface area contributed by atoms with Crippen LogP contribution in [-0.4, -0.2) is 50.0 Å². The lowest BCUT2D eigenvalue weighted by Gasteiger charge is -2.13. The summed E-state index contributed by atoms with van der Waals surface area (Å²) in [5, 5.41) is 15.4. The molecule has 1 saturated carbocycles. The van der Waals surface area contributed by atoms with Crippen molar-refractivity contribution in [1.82, 2.24) is 10.6 Å². The SMILES string of the molecule is COCC(O)CCNC(=O)CNC1CCCC1. The maximum atomic E-state index is 11.5. The Morgan fingerprint density at radius 1 is 1.47 bits per heavy atom. The Morgan fingerprint density at radius 2 is 2.18 bits per heavy atom. The molecule has 1 fully saturated rings. The van der Waals surface area contributed by atoms with E-state index in [1.54, 1.807) is 7.11 Å². The van der Waals surface area contributed by atoms with Gasteiger partial charge in [-0.25, -0.2) is 0 Å². The van der Waals surface area contributed by atoms with Crippen molar-refractivity contribution in [2.45, 2.75) is 44.2 Å². The van der Waals surface area contributed by atoms with Crippen LogP contribution in [-0.2, 0) is 9.53 Å². The molecule has 0 bridgehead atoms. The molecule has 1 amide bonds. The molecule has 0 aliphatic heterocycles. The largest absolute Gasteiger partial charge is 0.391 e. The maximum Gasteiger partial charge on any atom is 0.233 e. The third-order valence-electron chi connectivity index (χ3n) is 3.07. The second-order valence-corrected chi connectivity index (χ2v) is 4.61. The van der Waals surface area contributed by atoms with Crippen LogP contribution >= 0.6 is 0 Å². The van der Waals surface area contributed by atoms with Crippen molar-refractivity contribution in [2.75, 3.05) is 26.8 Å². The maximum absolute atomic E-state index is 11.5. The summed E-state index contributed by atoms with van der Waals surface area (Å²) in [5.41, 5.74) is 0. The summed E-state index contributed by atoms with van der Waals surface area (Å²) in [5.74, 6) is 0.00140. The van der Waals surface area contributed by atoms with Crippen LogP contribution in [0.4, 0.5) is 0 Å². The first-order valence-electron chi connectivity index (χ1n) is 6.39. The molecule has 1 aliphatic rings. The summed E-state index contributed by atoms with van der Waals surface area (Å²) in [6.45, 7) is 1.19. The van der Waals surface area contributed by atoms with E-state index in [1.807, 2.05) is 0 Å². The van der Waals surface area contributed by atoms with E-state index in [-0.39, 0.29) is 5.91 Å². The number of methoxy groups -OCH3 is 1. The third kappa shape index (κ3) is 6.61. The molecule has 17 heavy (non-hydrogen) atoms.